The molecule has 0 aromatic carbocycles. The van der Waals surface area contributed by atoms with Crippen LogP contribution in [0.4, 0.5) is 0 Å². The number of rotatable bonds is 3. The van der Waals surface area contributed by atoms with E-state index in [1.165, 1.54) is 0 Å². The maximum absolute atomic E-state index is 11.6. The second-order valence-electron chi connectivity index (χ2n) is 3.76. The molecule has 0 saturated heterocycles. The van der Waals surface area contributed by atoms with Crippen LogP contribution < -0.4 is 0 Å². The zero-order chi connectivity index (χ0) is 12.4. The number of aromatic nitrogens is 1. The molecule has 0 spiro atoms. The summed E-state index contributed by atoms with van der Waals surface area (Å²) in [5.74, 6) is -0.377. The van der Waals surface area contributed by atoms with Gasteiger partial charge in [-0.25, -0.2) is 4.79 Å². The van der Waals surface area contributed by atoms with Crippen molar-refractivity contribution in [2.45, 2.75) is 13.8 Å². The topological polar surface area (TPSA) is 47.8 Å². The lowest BCUT2D eigenvalue weighted by molar-refractivity contribution is 0.0525. The number of pyridine rings is 1. The Balaban J connectivity index is 2.55. The molecule has 88 valence electrons. The Hall–Kier alpha value is -2.10. The van der Waals surface area contributed by atoms with E-state index in [0.717, 1.165) is 17.4 Å². The minimum atomic E-state index is -0.377. The highest BCUT2D eigenvalue weighted by atomic mass is 16.5. The highest BCUT2D eigenvalue weighted by molar-refractivity contribution is 5.90. The maximum Gasteiger partial charge on any atom is 0.339 e. The smallest absolute Gasteiger partial charge is 0.339 e. The van der Waals surface area contributed by atoms with E-state index in [2.05, 4.69) is 0 Å². The predicted molar refractivity (Wildman–Crippen MR) is 63.5 cm³/mol. The maximum atomic E-state index is 11.6. The molecule has 2 heterocycles. The molecule has 0 amide bonds. The van der Waals surface area contributed by atoms with Gasteiger partial charge in [0.15, 0.2) is 6.29 Å². The number of aryl methyl sites for hydroxylation is 1. The molecule has 0 saturated carbocycles. The second kappa shape index (κ2) is 4.41. The summed E-state index contributed by atoms with van der Waals surface area (Å²) in [4.78, 5) is 22.5. The summed E-state index contributed by atoms with van der Waals surface area (Å²) >= 11 is 0. The van der Waals surface area contributed by atoms with Crippen molar-refractivity contribution in [1.82, 2.24) is 4.40 Å². The molecular formula is C13H13NO3. The third kappa shape index (κ3) is 1.93. The van der Waals surface area contributed by atoms with Gasteiger partial charge in [0.25, 0.3) is 0 Å². The van der Waals surface area contributed by atoms with E-state index in [0.29, 0.717) is 17.9 Å². The molecule has 0 atom stereocenters. The van der Waals surface area contributed by atoms with E-state index in [4.69, 9.17) is 4.74 Å². The first-order valence-electron chi connectivity index (χ1n) is 5.41. The quantitative estimate of drug-likeness (QED) is 0.601. The molecule has 0 fully saturated rings. The van der Waals surface area contributed by atoms with Gasteiger partial charge in [0, 0.05) is 11.7 Å². The molecule has 0 aliphatic carbocycles. The van der Waals surface area contributed by atoms with Gasteiger partial charge in [0.1, 0.15) is 0 Å². The molecule has 0 N–H and O–H groups in total. The zero-order valence-electron chi connectivity index (χ0n) is 9.77. The fourth-order valence-corrected chi connectivity index (χ4v) is 1.81. The first-order valence-corrected chi connectivity index (χ1v) is 5.41. The van der Waals surface area contributed by atoms with Gasteiger partial charge in [-0.2, -0.15) is 0 Å². The summed E-state index contributed by atoms with van der Waals surface area (Å²) in [6, 6.07) is 5.40. The summed E-state index contributed by atoms with van der Waals surface area (Å²) in [7, 11) is 0. The number of nitrogens with zero attached hydrogens (tertiary/aromatic N) is 1. The third-order valence-electron chi connectivity index (χ3n) is 2.63. The highest BCUT2D eigenvalue weighted by Gasteiger charge is 2.10. The van der Waals surface area contributed by atoms with Gasteiger partial charge in [0.2, 0.25) is 0 Å². The number of hydrogen-bond donors (Lipinski definition) is 0. The number of aldehydes is 1. The summed E-state index contributed by atoms with van der Waals surface area (Å²) in [5, 5.41) is 0. The van der Waals surface area contributed by atoms with Crippen LogP contribution in [0.15, 0.2) is 24.4 Å². The van der Waals surface area contributed by atoms with E-state index >= 15 is 0 Å². The Morgan fingerprint density at radius 3 is 2.88 bits per heavy atom. The van der Waals surface area contributed by atoms with Crippen LogP contribution in [-0.2, 0) is 4.74 Å². The number of carbonyl (C=O) groups is 2. The first-order chi connectivity index (χ1) is 8.17. The van der Waals surface area contributed by atoms with Crippen molar-refractivity contribution in [3.63, 3.8) is 0 Å². The molecule has 0 radical (unpaired) electrons. The van der Waals surface area contributed by atoms with E-state index < -0.39 is 0 Å². The lowest BCUT2D eigenvalue weighted by atomic mass is 10.2. The van der Waals surface area contributed by atoms with Gasteiger partial charge in [-0.3, -0.25) is 4.79 Å². The average molecular weight is 231 g/mol. The molecule has 4 heteroatoms. The predicted octanol–water partition coefficient (Wildman–Crippen LogP) is 2.24. The number of fused-ring (bicyclic) bond motifs is 1. The third-order valence-corrected chi connectivity index (χ3v) is 2.63. The number of ether oxygens (including phenoxy) is 1. The lowest BCUT2D eigenvalue weighted by Gasteiger charge is -2.03. The second-order valence-corrected chi connectivity index (χ2v) is 3.76. The molecule has 2 rings (SSSR count). The van der Waals surface area contributed by atoms with Crippen LogP contribution in [0.1, 0.15) is 33.3 Å². The van der Waals surface area contributed by atoms with Gasteiger partial charge in [-0.1, -0.05) is 0 Å². The van der Waals surface area contributed by atoms with Crippen LogP contribution in [0.5, 0.6) is 0 Å². The van der Waals surface area contributed by atoms with Gasteiger partial charge in [-0.15, -0.1) is 0 Å². The molecule has 17 heavy (non-hydrogen) atoms. The average Bonchev–Trinajstić information content (AvgIpc) is 2.63. The van der Waals surface area contributed by atoms with Gasteiger partial charge < -0.3 is 9.14 Å². The molecule has 2 aromatic heterocycles. The summed E-state index contributed by atoms with van der Waals surface area (Å²) in [5.41, 5.74) is 2.78. The molecular weight excluding hydrogens is 218 g/mol. The Morgan fingerprint density at radius 2 is 2.24 bits per heavy atom. The zero-order valence-corrected chi connectivity index (χ0v) is 9.77. The SMILES string of the molecule is CCOC(=O)c1ccc2cc(C)c(C=O)n2c1. The van der Waals surface area contributed by atoms with E-state index in [1.807, 2.05) is 13.0 Å². The summed E-state index contributed by atoms with van der Waals surface area (Å²) < 4.78 is 6.62. The van der Waals surface area contributed by atoms with Crippen molar-refractivity contribution in [3.05, 3.63) is 41.2 Å². The van der Waals surface area contributed by atoms with Gasteiger partial charge >= 0.3 is 5.97 Å². The van der Waals surface area contributed by atoms with Crippen LogP contribution >= 0.6 is 0 Å². The Bertz CT molecular complexity index is 584. The van der Waals surface area contributed by atoms with Crippen molar-refractivity contribution in [2.24, 2.45) is 0 Å². The van der Waals surface area contributed by atoms with Crippen LogP contribution in [0.25, 0.3) is 5.52 Å². The largest absolute Gasteiger partial charge is 0.462 e. The Morgan fingerprint density at radius 1 is 1.47 bits per heavy atom. The minimum Gasteiger partial charge on any atom is -0.462 e. The molecule has 0 aliphatic rings. The van der Waals surface area contributed by atoms with E-state index in [9.17, 15) is 9.59 Å². The summed E-state index contributed by atoms with van der Waals surface area (Å²) in [6.07, 6.45) is 2.42. The monoisotopic (exact) mass is 231 g/mol. The van der Waals surface area contributed by atoms with Crippen molar-refractivity contribution < 1.29 is 14.3 Å². The molecule has 0 unspecified atom stereocenters. The van der Waals surface area contributed by atoms with Crippen LogP contribution in [-0.4, -0.2) is 23.3 Å². The Kier molecular flexibility index (Phi) is 2.95. The normalized spacial score (nSPS) is 10.5. The van der Waals surface area contributed by atoms with Crippen LogP contribution in [0.3, 0.4) is 0 Å². The van der Waals surface area contributed by atoms with Gasteiger partial charge in [-0.05, 0) is 37.6 Å². The van der Waals surface area contributed by atoms with E-state index in [1.54, 1.807) is 29.7 Å². The minimum absolute atomic E-state index is 0.335. The molecule has 0 bridgehead atoms. The first kappa shape index (κ1) is 11.4. The van der Waals surface area contributed by atoms with Gasteiger partial charge in [0.05, 0.1) is 17.9 Å². The van der Waals surface area contributed by atoms with Crippen molar-refractivity contribution in [2.75, 3.05) is 6.61 Å². The number of esters is 1. The summed E-state index contributed by atoms with van der Waals surface area (Å²) in [6.45, 7) is 3.95. The fraction of sp³-hybridized carbons (Fsp3) is 0.231. The lowest BCUT2D eigenvalue weighted by Crippen LogP contribution is -2.06. The number of hydrogen-bond acceptors (Lipinski definition) is 3. The Labute approximate surface area is 98.8 Å². The molecule has 2 aromatic rings. The highest BCUT2D eigenvalue weighted by Crippen LogP contribution is 2.16. The van der Waals surface area contributed by atoms with Crippen LogP contribution in [0.2, 0.25) is 0 Å². The van der Waals surface area contributed by atoms with E-state index in [-0.39, 0.29) is 5.97 Å². The van der Waals surface area contributed by atoms with Crippen molar-refractivity contribution in [3.8, 4) is 0 Å². The van der Waals surface area contributed by atoms with Crippen LogP contribution in [0, 0.1) is 6.92 Å². The molecule has 0 aliphatic heterocycles. The van der Waals surface area contributed by atoms with Crippen molar-refractivity contribution in [1.29, 1.82) is 0 Å². The standard InChI is InChI=1S/C13H13NO3/c1-3-17-13(16)10-4-5-11-6-9(2)12(8-15)14(11)7-10/h4-8H,3H2,1-2H3. The molecule has 4 nitrogen and oxygen atoms in total. The van der Waals surface area contributed by atoms with Crippen molar-refractivity contribution >= 4 is 17.8 Å². The number of carbonyl (C=O) groups excluding carboxylic acids is 2. The fourth-order valence-electron chi connectivity index (χ4n) is 1.81.